The molecule has 0 saturated carbocycles. The Balaban J connectivity index is 2.08. The maximum absolute atomic E-state index is 12.4. The van der Waals surface area contributed by atoms with Gasteiger partial charge in [0.2, 0.25) is 0 Å². The molecule has 0 fully saturated rings. The number of para-hydroxylation sites is 1. The number of aliphatic imine (C=N–C) groups is 1. The lowest BCUT2D eigenvalue weighted by atomic mass is 10.1. The predicted octanol–water partition coefficient (Wildman–Crippen LogP) is 5.20. The van der Waals surface area contributed by atoms with Crippen LogP contribution in [0.3, 0.4) is 0 Å². The van der Waals surface area contributed by atoms with E-state index in [4.69, 9.17) is 4.74 Å². The molecule has 0 aliphatic carbocycles. The summed E-state index contributed by atoms with van der Waals surface area (Å²) in [5, 5.41) is 21.2. The first-order chi connectivity index (χ1) is 13.4. The minimum Gasteiger partial charge on any atom is -0.507 e. The molecule has 0 saturated heterocycles. The summed E-state index contributed by atoms with van der Waals surface area (Å²) < 4.78 is 5.10. The van der Waals surface area contributed by atoms with Crippen LogP contribution in [0.5, 0.6) is 5.75 Å². The number of aromatic hydroxyl groups is 1. The Morgan fingerprint density at radius 2 is 1.93 bits per heavy atom. The third kappa shape index (κ3) is 4.12. The van der Waals surface area contributed by atoms with E-state index in [1.807, 2.05) is 44.2 Å². The number of carbonyl (C=O) groups is 1. The fourth-order valence-electron chi connectivity index (χ4n) is 2.71. The maximum Gasteiger partial charge on any atom is 0.344 e. The lowest BCUT2D eigenvalue weighted by Gasteiger charge is -2.05. The van der Waals surface area contributed by atoms with Gasteiger partial charge < -0.3 is 14.9 Å². The number of aliphatic hydroxyl groups excluding tert-OH is 1. The molecular weight excluding hydrogens is 374 g/mol. The SMILES string of the molecule is CCOC(=O)C1=C(O)/C(=C\c2ccc(C)cc2O)SC1=Nc1ccccc1C. The highest BCUT2D eigenvalue weighted by Crippen LogP contribution is 2.41. The van der Waals surface area contributed by atoms with Crippen LogP contribution in [0.2, 0.25) is 0 Å². The van der Waals surface area contributed by atoms with Crippen molar-refractivity contribution in [1.29, 1.82) is 0 Å². The van der Waals surface area contributed by atoms with Crippen LogP contribution < -0.4 is 0 Å². The monoisotopic (exact) mass is 395 g/mol. The van der Waals surface area contributed by atoms with Gasteiger partial charge in [0.1, 0.15) is 22.1 Å². The van der Waals surface area contributed by atoms with Crippen molar-refractivity contribution in [3.8, 4) is 5.75 Å². The molecule has 0 atom stereocenters. The molecular formula is C22H21NO4S. The highest BCUT2D eigenvalue weighted by molar-refractivity contribution is 8.18. The van der Waals surface area contributed by atoms with Gasteiger partial charge in [-0.05, 0) is 50.1 Å². The predicted molar refractivity (Wildman–Crippen MR) is 113 cm³/mol. The van der Waals surface area contributed by atoms with Crippen molar-refractivity contribution in [2.75, 3.05) is 6.61 Å². The average Bonchev–Trinajstić information content (AvgIpc) is 2.95. The third-order valence-corrected chi connectivity index (χ3v) is 5.20. The van der Waals surface area contributed by atoms with E-state index in [-0.39, 0.29) is 23.7 Å². The number of carbonyl (C=O) groups excluding carboxylic acids is 1. The van der Waals surface area contributed by atoms with Crippen molar-refractivity contribution in [2.24, 2.45) is 4.99 Å². The zero-order valence-corrected chi connectivity index (χ0v) is 16.7. The molecule has 3 rings (SSSR count). The summed E-state index contributed by atoms with van der Waals surface area (Å²) >= 11 is 1.17. The van der Waals surface area contributed by atoms with E-state index in [0.717, 1.165) is 11.1 Å². The van der Waals surface area contributed by atoms with Crippen molar-refractivity contribution in [3.05, 3.63) is 75.4 Å². The lowest BCUT2D eigenvalue weighted by Crippen LogP contribution is -2.12. The van der Waals surface area contributed by atoms with Gasteiger partial charge in [-0.1, -0.05) is 42.1 Å². The van der Waals surface area contributed by atoms with Crippen LogP contribution in [-0.2, 0) is 9.53 Å². The van der Waals surface area contributed by atoms with E-state index < -0.39 is 5.97 Å². The largest absolute Gasteiger partial charge is 0.507 e. The number of nitrogens with zero attached hydrogens (tertiary/aromatic N) is 1. The maximum atomic E-state index is 12.4. The Morgan fingerprint density at radius 1 is 1.18 bits per heavy atom. The van der Waals surface area contributed by atoms with E-state index >= 15 is 0 Å². The number of esters is 1. The summed E-state index contributed by atoms with van der Waals surface area (Å²) in [5.74, 6) is -0.727. The molecule has 2 aromatic rings. The number of hydrogen-bond acceptors (Lipinski definition) is 6. The Hall–Kier alpha value is -2.99. The van der Waals surface area contributed by atoms with Gasteiger partial charge in [-0.3, -0.25) is 0 Å². The quantitative estimate of drug-likeness (QED) is 0.696. The van der Waals surface area contributed by atoms with E-state index in [9.17, 15) is 15.0 Å². The van der Waals surface area contributed by atoms with Gasteiger partial charge in [0.15, 0.2) is 0 Å². The summed E-state index contributed by atoms with van der Waals surface area (Å²) in [6.07, 6.45) is 1.63. The standard InChI is InChI=1S/C22H21NO4S/c1-4-27-22(26)19-20(25)18(12-15-10-9-13(2)11-17(15)24)28-21(19)23-16-8-6-5-7-14(16)3/h5-12,24-25H,4H2,1-3H3/b18-12+,23-21?. The molecule has 0 radical (unpaired) electrons. The second kappa shape index (κ2) is 8.35. The normalized spacial score (nSPS) is 16.8. The van der Waals surface area contributed by atoms with E-state index in [1.54, 1.807) is 25.1 Å². The number of ether oxygens (including phenoxy) is 1. The van der Waals surface area contributed by atoms with Crippen LogP contribution >= 0.6 is 11.8 Å². The fraction of sp³-hybridized carbons (Fsp3) is 0.182. The van der Waals surface area contributed by atoms with Crippen molar-refractivity contribution in [3.63, 3.8) is 0 Å². The molecule has 0 aromatic heterocycles. The number of rotatable bonds is 4. The fourth-order valence-corrected chi connectivity index (χ4v) is 3.73. The summed E-state index contributed by atoms with van der Waals surface area (Å²) in [6, 6.07) is 12.8. The summed E-state index contributed by atoms with van der Waals surface area (Å²) in [6.45, 7) is 5.70. The van der Waals surface area contributed by atoms with Crippen LogP contribution in [0.15, 0.2) is 63.7 Å². The van der Waals surface area contributed by atoms with Crippen LogP contribution in [-0.4, -0.2) is 27.8 Å². The van der Waals surface area contributed by atoms with Crippen LogP contribution in [0.1, 0.15) is 23.6 Å². The van der Waals surface area contributed by atoms with Crippen molar-refractivity contribution >= 4 is 34.5 Å². The molecule has 1 heterocycles. The number of thioether (sulfide) groups is 1. The molecule has 1 aliphatic rings. The average molecular weight is 395 g/mol. The van der Waals surface area contributed by atoms with Gasteiger partial charge >= 0.3 is 5.97 Å². The van der Waals surface area contributed by atoms with Crippen molar-refractivity contribution < 1.29 is 19.7 Å². The second-order valence-corrected chi connectivity index (χ2v) is 7.35. The Labute approximate surface area is 168 Å². The van der Waals surface area contributed by atoms with Gasteiger partial charge in [-0.2, -0.15) is 0 Å². The molecule has 6 heteroatoms. The first kappa shape index (κ1) is 19.8. The Kier molecular flexibility index (Phi) is 5.90. The summed E-state index contributed by atoms with van der Waals surface area (Å²) in [5.41, 5.74) is 3.16. The highest BCUT2D eigenvalue weighted by atomic mass is 32.2. The number of phenols is 1. The van der Waals surface area contributed by atoms with E-state index in [1.165, 1.54) is 11.8 Å². The van der Waals surface area contributed by atoms with Crippen LogP contribution in [0.25, 0.3) is 6.08 Å². The lowest BCUT2D eigenvalue weighted by molar-refractivity contribution is -0.138. The Morgan fingerprint density at radius 3 is 2.61 bits per heavy atom. The van der Waals surface area contributed by atoms with Gasteiger partial charge in [-0.25, -0.2) is 9.79 Å². The highest BCUT2D eigenvalue weighted by Gasteiger charge is 2.33. The molecule has 2 aromatic carbocycles. The first-order valence-electron chi connectivity index (χ1n) is 8.85. The van der Waals surface area contributed by atoms with Gasteiger partial charge in [0, 0.05) is 5.56 Å². The number of aliphatic hydroxyl groups is 1. The first-order valence-corrected chi connectivity index (χ1v) is 9.67. The molecule has 28 heavy (non-hydrogen) atoms. The number of phenolic OH excluding ortho intramolecular Hbond substituents is 1. The Bertz CT molecular complexity index is 1020. The molecule has 5 nitrogen and oxygen atoms in total. The summed E-state index contributed by atoms with van der Waals surface area (Å²) in [7, 11) is 0. The van der Waals surface area contributed by atoms with Crippen molar-refractivity contribution in [2.45, 2.75) is 20.8 Å². The number of aryl methyl sites for hydroxylation is 2. The molecule has 2 N–H and O–H groups in total. The molecule has 0 unspecified atom stereocenters. The third-order valence-electron chi connectivity index (χ3n) is 4.18. The summed E-state index contributed by atoms with van der Waals surface area (Å²) in [4.78, 5) is 17.4. The molecule has 144 valence electrons. The number of hydrogen-bond donors (Lipinski definition) is 2. The minimum absolute atomic E-state index is 0.0351. The van der Waals surface area contributed by atoms with Gasteiger partial charge in [0.05, 0.1) is 17.2 Å². The topological polar surface area (TPSA) is 79.1 Å². The van der Waals surface area contributed by atoms with Gasteiger partial charge in [0.25, 0.3) is 0 Å². The smallest absolute Gasteiger partial charge is 0.344 e. The molecule has 0 spiro atoms. The zero-order chi connectivity index (χ0) is 20.3. The zero-order valence-electron chi connectivity index (χ0n) is 15.9. The van der Waals surface area contributed by atoms with E-state index in [2.05, 4.69) is 4.99 Å². The molecule has 1 aliphatic heterocycles. The molecule has 0 bridgehead atoms. The van der Waals surface area contributed by atoms with Gasteiger partial charge in [-0.15, -0.1) is 0 Å². The molecule has 0 amide bonds. The van der Waals surface area contributed by atoms with Crippen LogP contribution in [0, 0.1) is 13.8 Å². The van der Waals surface area contributed by atoms with Crippen molar-refractivity contribution in [1.82, 2.24) is 0 Å². The second-order valence-electron chi connectivity index (χ2n) is 6.32. The number of benzene rings is 2. The van der Waals surface area contributed by atoms with E-state index in [0.29, 0.717) is 21.2 Å². The van der Waals surface area contributed by atoms with Crippen LogP contribution in [0.4, 0.5) is 5.69 Å². The minimum atomic E-state index is -0.628.